The van der Waals surface area contributed by atoms with Crippen LogP contribution in [0.4, 0.5) is 13.2 Å². The number of hydrogen-bond acceptors (Lipinski definition) is 2. The van der Waals surface area contributed by atoms with Crippen LogP contribution < -0.4 is 10.9 Å². The average molecular weight is 412 g/mol. The highest BCUT2D eigenvalue weighted by molar-refractivity contribution is 5.95. The summed E-state index contributed by atoms with van der Waals surface area (Å²) in [5, 5.41) is 2.92. The highest BCUT2D eigenvalue weighted by Crippen LogP contribution is 2.31. The van der Waals surface area contributed by atoms with Gasteiger partial charge in [-0.1, -0.05) is 30.3 Å². The maximum atomic E-state index is 13.1. The molecule has 154 valence electrons. The van der Waals surface area contributed by atoms with Crippen molar-refractivity contribution in [1.29, 1.82) is 0 Å². The van der Waals surface area contributed by atoms with E-state index in [1.165, 1.54) is 18.3 Å². The van der Waals surface area contributed by atoms with Gasteiger partial charge in [0.2, 0.25) is 0 Å². The van der Waals surface area contributed by atoms with Gasteiger partial charge in [-0.3, -0.25) is 14.2 Å². The summed E-state index contributed by atoms with van der Waals surface area (Å²) in [6, 6.07) is 13.6. The van der Waals surface area contributed by atoms with Gasteiger partial charge in [-0.25, -0.2) is 0 Å². The molecule has 1 heterocycles. The quantitative estimate of drug-likeness (QED) is 0.685. The number of fused-ring (bicyclic) bond motifs is 1. The van der Waals surface area contributed by atoms with E-state index in [0.717, 1.165) is 40.7 Å². The van der Waals surface area contributed by atoms with Gasteiger partial charge >= 0.3 is 6.18 Å². The number of hydrogen-bond donors (Lipinski definition) is 1. The molecule has 1 atom stereocenters. The third-order valence-electron chi connectivity index (χ3n) is 5.42. The van der Waals surface area contributed by atoms with E-state index in [0.29, 0.717) is 5.56 Å². The lowest BCUT2D eigenvalue weighted by molar-refractivity contribution is -0.137. The smallest absolute Gasteiger partial charge is 0.345 e. The van der Waals surface area contributed by atoms with Crippen LogP contribution in [0.5, 0.6) is 0 Å². The third kappa shape index (κ3) is 3.63. The van der Waals surface area contributed by atoms with E-state index < -0.39 is 23.2 Å². The summed E-state index contributed by atoms with van der Waals surface area (Å²) in [5.74, 6) is -0.527. The molecule has 0 saturated heterocycles. The van der Waals surface area contributed by atoms with E-state index in [1.54, 1.807) is 13.0 Å². The highest BCUT2D eigenvalue weighted by Gasteiger charge is 2.31. The molecule has 1 unspecified atom stereocenters. The second-order valence-electron chi connectivity index (χ2n) is 7.36. The lowest BCUT2D eigenvalue weighted by Gasteiger charge is -2.16. The fourth-order valence-electron chi connectivity index (χ4n) is 3.88. The largest absolute Gasteiger partial charge is 0.416 e. The van der Waals surface area contributed by atoms with Crippen LogP contribution in [-0.2, 0) is 12.6 Å². The van der Waals surface area contributed by atoms with Crippen molar-refractivity contribution in [3.63, 3.8) is 0 Å². The molecule has 0 saturated carbocycles. The predicted octanol–water partition coefficient (Wildman–Crippen LogP) is 4.58. The maximum absolute atomic E-state index is 13.1. The van der Waals surface area contributed by atoms with Crippen molar-refractivity contribution >= 4 is 5.91 Å². The van der Waals surface area contributed by atoms with Gasteiger partial charge < -0.3 is 5.32 Å². The number of nitrogens with one attached hydrogen (secondary N) is 1. The summed E-state index contributed by atoms with van der Waals surface area (Å²) in [6.45, 7) is 1.63. The van der Waals surface area contributed by atoms with Crippen molar-refractivity contribution in [1.82, 2.24) is 9.88 Å². The maximum Gasteiger partial charge on any atom is 0.416 e. The Hall–Kier alpha value is -3.35. The van der Waals surface area contributed by atoms with Gasteiger partial charge in [0.15, 0.2) is 0 Å². The van der Waals surface area contributed by atoms with Crippen molar-refractivity contribution in [2.45, 2.75) is 32.0 Å². The topological polar surface area (TPSA) is 51.1 Å². The van der Waals surface area contributed by atoms with Gasteiger partial charge in [-0.2, -0.15) is 13.2 Å². The first kappa shape index (κ1) is 19.9. The van der Waals surface area contributed by atoms with Crippen LogP contribution in [0.1, 0.15) is 45.1 Å². The number of rotatable bonds is 3. The summed E-state index contributed by atoms with van der Waals surface area (Å²) in [5.41, 5.74) is 1.12. The summed E-state index contributed by atoms with van der Waals surface area (Å²) >= 11 is 0. The van der Waals surface area contributed by atoms with Gasteiger partial charge in [0.05, 0.1) is 11.6 Å². The van der Waals surface area contributed by atoms with Crippen molar-refractivity contribution < 1.29 is 18.0 Å². The Labute approximate surface area is 171 Å². The standard InChI is InChI=1S/C23H19F3N2O2/c1-14-11-12-28(17-7-4-6-16(13-17)23(24,25)26)22(30)20(14)21(29)27-19-10-9-15-5-2-3-8-18(15)19/h2-8,11-13,19H,9-10H2,1H3,(H,27,29). The molecule has 1 N–H and O–H groups in total. The normalized spacial score (nSPS) is 15.7. The molecule has 0 radical (unpaired) electrons. The van der Waals surface area contributed by atoms with Crippen LogP contribution >= 0.6 is 0 Å². The second-order valence-corrected chi connectivity index (χ2v) is 7.36. The number of pyridine rings is 1. The number of carbonyl (C=O) groups excluding carboxylic acids is 1. The van der Waals surface area contributed by atoms with Crippen LogP contribution in [0.3, 0.4) is 0 Å². The Morgan fingerprint density at radius 1 is 1.10 bits per heavy atom. The third-order valence-corrected chi connectivity index (χ3v) is 5.42. The van der Waals surface area contributed by atoms with E-state index >= 15 is 0 Å². The zero-order valence-corrected chi connectivity index (χ0v) is 16.2. The van der Waals surface area contributed by atoms with E-state index in [1.807, 2.05) is 24.3 Å². The summed E-state index contributed by atoms with van der Waals surface area (Å²) in [7, 11) is 0. The van der Waals surface area contributed by atoms with Gasteiger partial charge in [0.1, 0.15) is 5.56 Å². The molecule has 2 aromatic carbocycles. The molecule has 4 rings (SSSR count). The molecule has 3 aromatic rings. The number of aryl methyl sites for hydroxylation is 2. The van der Waals surface area contributed by atoms with E-state index in [2.05, 4.69) is 5.32 Å². The van der Waals surface area contributed by atoms with Gasteiger partial charge in [-0.05, 0) is 60.7 Å². The highest BCUT2D eigenvalue weighted by atomic mass is 19.4. The Kier molecular flexibility index (Phi) is 4.97. The van der Waals surface area contributed by atoms with Crippen molar-refractivity contribution in [3.05, 3.63) is 99.0 Å². The van der Waals surface area contributed by atoms with Gasteiger partial charge in [0, 0.05) is 11.9 Å². The SMILES string of the molecule is Cc1ccn(-c2cccc(C(F)(F)F)c2)c(=O)c1C(=O)NC1CCc2ccccc21. The van der Waals surface area contributed by atoms with Crippen molar-refractivity contribution in [3.8, 4) is 5.69 Å². The fourth-order valence-corrected chi connectivity index (χ4v) is 3.88. The van der Waals surface area contributed by atoms with Gasteiger partial charge in [0.25, 0.3) is 11.5 Å². The monoisotopic (exact) mass is 412 g/mol. The van der Waals surface area contributed by atoms with Crippen LogP contribution in [-0.4, -0.2) is 10.5 Å². The summed E-state index contributed by atoms with van der Waals surface area (Å²) in [4.78, 5) is 26.0. The number of amides is 1. The molecule has 0 spiro atoms. The molecule has 30 heavy (non-hydrogen) atoms. The minimum atomic E-state index is -4.53. The molecule has 1 aliphatic carbocycles. The Morgan fingerprint density at radius 2 is 1.87 bits per heavy atom. The predicted molar refractivity (Wildman–Crippen MR) is 107 cm³/mol. The van der Waals surface area contributed by atoms with Crippen LogP contribution in [0, 0.1) is 6.92 Å². The molecular formula is C23H19F3N2O2. The minimum Gasteiger partial charge on any atom is -0.345 e. The Balaban J connectivity index is 1.69. The summed E-state index contributed by atoms with van der Waals surface area (Å²) in [6.07, 6.45) is -1.57. The molecule has 0 aliphatic heterocycles. The molecule has 1 aromatic heterocycles. The second kappa shape index (κ2) is 7.48. The number of nitrogens with zero attached hydrogens (tertiary/aromatic N) is 1. The molecular weight excluding hydrogens is 393 g/mol. The van der Waals surface area contributed by atoms with Crippen molar-refractivity contribution in [2.24, 2.45) is 0 Å². The number of carbonyl (C=O) groups is 1. The Morgan fingerprint density at radius 3 is 2.63 bits per heavy atom. The van der Waals surface area contributed by atoms with Crippen molar-refractivity contribution in [2.75, 3.05) is 0 Å². The first-order valence-electron chi connectivity index (χ1n) is 9.54. The summed E-state index contributed by atoms with van der Waals surface area (Å²) < 4.78 is 40.2. The molecule has 0 fully saturated rings. The van der Waals surface area contributed by atoms with Crippen LogP contribution in [0.15, 0.2) is 65.6 Å². The van der Waals surface area contributed by atoms with Gasteiger partial charge in [-0.15, -0.1) is 0 Å². The average Bonchev–Trinajstić information content (AvgIpc) is 3.10. The first-order chi connectivity index (χ1) is 14.3. The zero-order valence-electron chi connectivity index (χ0n) is 16.2. The fraction of sp³-hybridized carbons (Fsp3) is 0.217. The lowest BCUT2D eigenvalue weighted by Crippen LogP contribution is -2.35. The van der Waals surface area contributed by atoms with E-state index in [4.69, 9.17) is 0 Å². The zero-order chi connectivity index (χ0) is 21.5. The number of aromatic nitrogens is 1. The molecule has 0 bridgehead atoms. The number of halogens is 3. The van der Waals surface area contributed by atoms with E-state index in [9.17, 15) is 22.8 Å². The minimum absolute atomic E-state index is 0.0510. The molecule has 1 amide bonds. The Bertz CT molecular complexity index is 1180. The molecule has 1 aliphatic rings. The van der Waals surface area contributed by atoms with E-state index in [-0.39, 0.29) is 17.3 Å². The van der Waals surface area contributed by atoms with Crippen LogP contribution in [0.2, 0.25) is 0 Å². The van der Waals surface area contributed by atoms with Crippen LogP contribution in [0.25, 0.3) is 5.69 Å². The first-order valence-corrected chi connectivity index (χ1v) is 9.54. The molecule has 7 heteroatoms. The molecule has 4 nitrogen and oxygen atoms in total. The lowest BCUT2D eigenvalue weighted by atomic mass is 10.1. The number of alkyl halides is 3. The number of benzene rings is 2.